The third-order valence-corrected chi connectivity index (χ3v) is 19.2. The highest BCUT2D eigenvalue weighted by atomic mass is 31.2. The van der Waals surface area contributed by atoms with E-state index >= 15 is 4.57 Å². The maximum atomic E-state index is 17.7. The average Bonchev–Trinajstić information content (AvgIpc) is 3.72. The van der Waals surface area contributed by atoms with E-state index in [4.69, 9.17) is 0 Å². The molecule has 12 aromatic carbocycles. The van der Waals surface area contributed by atoms with Crippen molar-refractivity contribution >= 4 is 73.3 Å². The minimum Gasteiger partial charge on any atom is -0.323 e. The summed E-state index contributed by atoms with van der Waals surface area (Å²) in [5, 5.41) is 5.12. The fraction of sp³-hybridized carbons (Fsp3) is 0.0270. The summed E-state index contributed by atoms with van der Waals surface area (Å²) in [6, 6.07) is 107. The van der Waals surface area contributed by atoms with Crippen molar-refractivity contribution in [1.29, 1.82) is 0 Å². The molecule has 2 atom stereocenters. The monoisotopic (exact) mass is 1020 g/mol. The number of nitrogens with zero attached hydrogens (tertiary/aromatic N) is 2. The van der Waals surface area contributed by atoms with Crippen molar-refractivity contribution in [2.24, 2.45) is 0 Å². The SMILES string of the molecule is O=P(c1ccccc1)(c1ccc(-c2ccc(-c3ccc(N(c4ccccc4)c4cccc5ccccc45)cc3)cc2)cc1)C1(N(c2ccccc2)c2cccc3ccccc23)C=CC(c2ccc(-c3ccccc3)cc2)=CC1. The van der Waals surface area contributed by atoms with Crippen LogP contribution in [0.15, 0.2) is 322 Å². The Hall–Kier alpha value is -9.53. The van der Waals surface area contributed by atoms with Crippen molar-refractivity contribution in [3.05, 3.63) is 327 Å². The highest BCUT2D eigenvalue weighted by Gasteiger charge is 2.54. The Morgan fingerprint density at radius 3 is 1.24 bits per heavy atom. The molecule has 0 fully saturated rings. The first-order valence-corrected chi connectivity index (χ1v) is 28.4. The highest BCUT2D eigenvalue weighted by Crippen LogP contribution is 2.64. The van der Waals surface area contributed by atoms with Gasteiger partial charge < -0.3 is 14.4 Å². The molecule has 1 aliphatic carbocycles. The molecule has 0 N–H and O–H groups in total. The van der Waals surface area contributed by atoms with Crippen LogP contribution in [0.4, 0.5) is 28.4 Å². The van der Waals surface area contributed by atoms with E-state index in [0.29, 0.717) is 6.42 Å². The molecule has 0 amide bonds. The highest BCUT2D eigenvalue weighted by molar-refractivity contribution is 7.80. The zero-order chi connectivity index (χ0) is 52.3. The molecule has 78 heavy (non-hydrogen) atoms. The zero-order valence-electron chi connectivity index (χ0n) is 43.1. The number of allylic oxidation sites excluding steroid dienone is 2. The average molecular weight is 1020 g/mol. The van der Waals surface area contributed by atoms with E-state index in [2.05, 4.69) is 307 Å². The van der Waals surface area contributed by atoms with Gasteiger partial charge in [0.15, 0.2) is 7.14 Å². The van der Waals surface area contributed by atoms with Gasteiger partial charge in [0.05, 0.1) is 11.4 Å². The molecular weight excluding hydrogens is 964 g/mol. The topological polar surface area (TPSA) is 23.6 Å². The van der Waals surface area contributed by atoms with Crippen LogP contribution >= 0.6 is 7.14 Å². The number of anilines is 5. The van der Waals surface area contributed by atoms with E-state index in [-0.39, 0.29) is 0 Å². The van der Waals surface area contributed by atoms with Crippen LogP contribution in [-0.2, 0) is 4.57 Å². The third-order valence-electron chi connectivity index (χ3n) is 15.5. The lowest BCUT2D eigenvalue weighted by molar-refractivity contribution is 0.557. The van der Waals surface area contributed by atoms with Crippen LogP contribution in [0.25, 0.3) is 60.5 Å². The minimum absolute atomic E-state index is 0.473. The molecule has 12 aromatic rings. The largest absolute Gasteiger partial charge is 0.323 e. The van der Waals surface area contributed by atoms with Gasteiger partial charge in [-0.3, -0.25) is 0 Å². The van der Waals surface area contributed by atoms with Crippen LogP contribution in [-0.4, -0.2) is 5.28 Å². The van der Waals surface area contributed by atoms with Crippen LogP contribution in [0.3, 0.4) is 0 Å². The molecular formula is C74H55N2OP. The second kappa shape index (κ2) is 20.9. The molecule has 0 radical (unpaired) electrons. The summed E-state index contributed by atoms with van der Waals surface area (Å²) in [4.78, 5) is 4.72. The number of fused-ring (bicyclic) bond motifs is 2. The van der Waals surface area contributed by atoms with Crippen molar-refractivity contribution < 1.29 is 4.57 Å². The van der Waals surface area contributed by atoms with E-state index in [1.165, 1.54) is 21.9 Å². The lowest BCUT2D eigenvalue weighted by Crippen LogP contribution is -2.50. The zero-order valence-corrected chi connectivity index (χ0v) is 44.0. The van der Waals surface area contributed by atoms with Crippen LogP contribution < -0.4 is 20.4 Å². The lowest BCUT2D eigenvalue weighted by atomic mass is 9.93. The standard InChI is InChI=1S/C74H55N2OP/c77-78(68-29-11-4-12-30-68,69-49-45-61(46-50-69)58-39-37-57(38-40-58)60-43-47-66(48-44-60)75(65-25-7-2-8-26-65)72-33-17-23-63-21-13-15-31-70(63)72)74(53-51-62(52-54-74)59-41-35-56(36-42-59)55-19-5-1-6-20-55)76(67-27-9-3-10-28-67)73-34-18-24-64-22-14-16-32-71(64)73/h1-53H,54H2. The van der Waals surface area contributed by atoms with Crippen LogP contribution in [0.1, 0.15) is 12.0 Å². The van der Waals surface area contributed by atoms with Gasteiger partial charge in [-0.25, -0.2) is 0 Å². The molecule has 372 valence electrons. The van der Waals surface area contributed by atoms with Gasteiger partial charge >= 0.3 is 0 Å². The maximum absolute atomic E-state index is 17.7. The predicted molar refractivity (Wildman–Crippen MR) is 332 cm³/mol. The van der Waals surface area contributed by atoms with Gasteiger partial charge in [-0.2, -0.15) is 0 Å². The molecule has 2 unspecified atom stereocenters. The third kappa shape index (κ3) is 8.85. The van der Waals surface area contributed by atoms with Gasteiger partial charge in [-0.15, -0.1) is 0 Å². The molecule has 1 aliphatic rings. The fourth-order valence-corrected chi connectivity index (χ4v) is 15.1. The minimum atomic E-state index is -3.69. The van der Waals surface area contributed by atoms with E-state index in [1.807, 2.05) is 24.3 Å². The summed E-state index contributed by atoms with van der Waals surface area (Å²) in [7, 11) is -3.69. The number of benzene rings is 12. The molecule has 3 nitrogen and oxygen atoms in total. The maximum Gasteiger partial charge on any atom is 0.171 e. The molecule has 0 spiro atoms. The molecule has 0 aliphatic heterocycles. The predicted octanol–water partition coefficient (Wildman–Crippen LogP) is 19.4. The Labute approximate surface area is 457 Å². The Morgan fingerprint density at radius 2 is 0.705 bits per heavy atom. The van der Waals surface area contributed by atoms with Gasteiger partial charge in [-0.05, 0) is 110 Å². The summed E-state index contributed by atoms with van der Waals surface area (Å²) in [6.07, 6.45) is 7.26. The summed E-state index contributed by atoms with van der Waals surface area (Å²) in [5.74, 6) is 0. The van der Waals surface area contributed by atoms with Gasteiger partial charge in [0.1, 0.15) is 5.28 Å². The molecule has 0 aromatic heterocycles. The first-order chi connectivity index (χ1) is 38.5. The van der Waals surface area contributed by atoms with Crippen molar-refractivity contribution in [3.8, 4) is 33.4 Å². The Balaban J connectivity index is 0.877. The number of hydrogen-bond donors (Lipinski definition) is 0. The van der Waals surface area contributed by atoms with Gasteiger partial charge in [-0.1, -0.05) is 267 Å². The molecule has 13 rings (SSSR count). The van der Waals surface area contributed by atoms with E-state index in [9.17, 15) is 0 Å². The summed E-state index contributed by atoms with van der Waals surface area (Å²) in [6.45, 7) is 0. The quantitative estimate of drug-likeness (QED) is 0.108. The second-order valence-corrected chi connectivity index (χ2v) is 23.0. The molecule has 0 bridgehead atoms. The summed E-state index contributed by atoms with van der Waals surface area (Å²) in [5.41, 5.74) is 14.3. The van der Waals surface area contributed by atoms with Crippen molar-refractivity contribution in [1.82, 2.24) is 0 Å². The van der Waals surface area contributed by atoms with Crippen molar-refractivity contribution in [2.75, 3.05) is 9.80 Å². The smallest absolute Gasteiger partial charge is 0.171 e. The van der Waals surface area contributed by atoms with E-state index in [0.717, 1.165) is 83.2 Å². The first kappa shape index (κ1) is 48.1. The number of rotatable bonds is 13. The van der Waals surface area contributed by atoms with E-state index < -0.39 is 12.4 Å². The number of hydrogen-bond acceptors (Lipinski definition) is 3. The fourth-order valence-electron chi connectivity index (χ4n) is 11.6. The number of para-hydroxylation sites is 2. The molecule has 0 saturated carbocycles. The van der Waals surface area contributed by atoms with Gasteiger partial charge in [0, 0.05) is 44.9 Å². The summed E-state index contributed by atoms with van der Waals surface area (Å²) >= 11 is 0. The summed E-state index contributed by atoms with van der Waals surface area (Å²) < 4.78 is 17.7. The van der Waals surface area contributed by atoms with Gasteiger partial charge in [0.2, 0.25) is 0 Å². The van der Waals surface area contributed by atoms with Crippen LogP contribution in [0.5, 0.6) is 0 Å². The molecule has 0 saturated heterocycles. The first-order valence-electron chi connectivity index (χ1n) is 26.7. The van der Waals surface area contributed by atoms with E-state index in [1.54, 1.807) is 0 Å². The van der Waals surface area contributed by atoms with Crippen LogP contribution in [0, 0.1) is 0 Å². The lowest BCUT2D eigenvalue weighted by Gasteiger charge is -2.49. The van der Waals surface area contributed by atoms with Gasteiger partial charge in [0.25, 0.3) is 0 Å². The molecule has 0 heterocycles. The Kier molecular flexibility index (Phi) is 12.9. The Morgan fingerprint density at radius 1 is 0.321 bits per heavy atom. The van der Waals surface area contributed by atoms with Crippen molar-refractivity contribution in [3.63, 3.8) is 0 Å². The van der Waals surface area contributed by atoms with Crippen molar-refractivity contribution in [2.45, 2.75) is 11.7 Å². The normalized spacial score (nSPS) is 14.8. The molecule has 4 heteroatoms. The van der Waals surface area contributed by atoms with Crippen LogP contribution in [0.2, 0.25) is 0 Å². The second-order valence-electron chi connectivity index (χ2n) is 20.0. The Bertz CT molecular complexity index is 4150.